The number of para-hydroxylation sites is 1. The Morgan fingerprint density at radius 2 is 1.76 bits per heavy atom. The lowest BCUT2D eigenvalue weighted by atomic mass is 9.95. The Labute approximate surface area is 196 Å². The van der Waals surface area contributed by atoms with E-state index < -0.39 is 0 Å². The minimum atomic E-state index is -0.236. The van der Waals surface area contributed by atoms with Crippen LogP contribution in [-0.4, -0.2) is 17.3 Å². The maximum Gasteiger partial charge on any atom is 0.213 e. The van der Waals surface area contributed by atoms with E-state index in [0.29, 0.717) is 5.92 Å². The van der Waals surface area contributed by atoms with Crippen molar-refractivity contribution >= 4 is 5.71 Å². The van der Waals surface area contributed by atoms with Crippen LogP contribution in [-0.2, 0) is 0 Å². The van der Waals surface area contributed by atoms with Crippen LogP contribution in [0.3, 0.4) is 0 Å². The average molecular weight is 441 g/mol. The molecule has 4 nitrogen and oxygen atoms in total. The van der Waals surface area contributed by atoms with Crippen molar-refractivity contribution < 1.29 is 9.47 Å². The van der Waals surface area contributed by atoms with E-state index in [2.05, 4.69) is 92.5 Å². The molecule has 0 saturated heterocycles. The molecule has 3 aromatic carbocycles. The topological polar surface area (TPSA) is 34.1 Å². The van der Waals surface area contributed by atoms with E-state index in [1.165, 1.54) is 11.1 Å². The maximum absolute atomic E-state index is 6.49. The predicted octanol–water partition coefficient (Wildman–Crippen LogP) is 7.23. The molecule has 0 amide bonds. The second-order valence-corrected chi connectivity index (χ2v) is 9.20. The van der Waals surface area contributed by atoms with E-state index in [4.69, 9.17) is 14.6 Å². The minimum Gasteiger partial charge on any atom is -0.494 e. The molecule has 0 aliphatic carbocycles. The maximum atomic E-state index is 6.49. The minimum absolute atomic E-state index is 0.167. The summed E-state index contributed by atoms with van der Waals surface area (Å²) in [6.07, 6.45) is 2.83. The first kappa shape index (κ1) is 21.6. The van der Waals surface area contributed by atoms with Crippen molar-refractivity contribution in [2.24, 2.45) is 5.10 Å². The number of ether oxygens (including phenoxy) is 2. The average Bonchev–Trinajstić information content (AvgIpc) is 3.30. The number of benzene rings is 3. The number of rotatable bonds is 7. The van der Waals surface area contributed by atoms with Gasteiger partial charge in [-0.15, -0.1) is 0 Å². The van der Waals surface area contributed by atoms with Gasteiger partial charge in [-0.25, -0.2) is 5.01 Å². The van der Waals surface area contributed by atoms with Gasteiger partial charge in [-0.1, -0.05) is 69.7 Å². The van der Waals surface area contributed by atoms with E-state index >= 15 is 0 Å². The molecule has 0 N–H and O–H groups in total. The van der Waals surface area contributed by atoms with Crippen molar-refractivity contribution in [3.63, 3.8) is 0 Å². The summed E-state index contributed by atoms with van der Waals surface area (Å²) >= 11 is 0. The summed E-state index contributed by atoms with van der Waals surface area (Å²) in [5.74, 6) is 2.37. The molecule has 5 rings (SSSR count). The van der Waals surface area contributed by atoms with E-state index in [-0.39, 0.29) is 12.3 Å². The van der Waals surface area contributed by atoms with Gasteiger partial charge in [0.25, 0.3) is 0 Å². The third kappa shape index (κ3) is 4.35. The zero-order chi connectivity index (χ0) is 22.8. The molecule has 2 aliphatic rings. The molecule has 0 unspecified atom stereocenters. The van der Waals surface area contributed by atoms with Gasteiger partial charge in [-0.05, 0) is 53.8 Å². The zero-order valence-corrected chi connectivity index (χ0v) is 19.7. The van der Waals surface area contributed by atoms with Gasteiger partial charge < -0.3 is 9.47 Å². The van der Waals surface area contributed by atoms with E-state index in [0.717, 1.165) is 54.2 Å². The van der Waals surface area contributed by atoms with E-state index in [1.807, 2.05) is 6.07 Å². The van der Waals surface area contributed by atoms with Gasteiger partial charge in [0, 0.05) is 17.5 Å². The van der Waals surface area contributed by atoms with Crippen molar-refractivity contribution in [2.45, 2.75) is 58.2 Å². The van der Waals surface area contributed by atoms with Gasteiger partial charge in [0.15, 0.2) is 0 Å². The van der Waals surface area contributed by atoms with Crippen molar-refractivity contribution in [1.29, 1.82) is 0 Å². The van der Waals surface area contributed by atoms with Gasteiger partial charge in [0.05, 0.1) is 18.4 Å². The highest BCUT2D eigenvalue weighted by Gasteiger charge is 2.40. The Kier molecular flexibility index (Phi) is 6.08. The van der Waals surface area contributed by atoms with Crippen LogP contribution >= 0.6 is 0 Å². The summed E-state index contributed by atoms with van der Waals surface area (Å²) in [6, 6.07) is 25.6. The van der Waals surface area contributed by atoms with Crippen LogP contribution in [0.4, 0.5) is 0 Å². The first-order valence-electron chi connectivity index (χ1n) is 12.1. The second kappa shape index (κ2) is 9.30. The molecule has 0 aromatic heterocycles. The Hall–Kier alpha value is -3.27. The molecule has 2 atom stereocenters. The smallest absolute Gasteiger partial charge is 0.213 e. The highest BCUT2D eigenvalue weighted by atomic mass is 16.5. The number of fused-ring (bicyclic) bond motifs is 3. The van der Waals surface area contributed by atoms with E-state index in [9.17, 15) is 0 Å². The summed E-state index contributed by atoms with van der Waals surface area (Å²) in [5.41, 5.74) is 5.88. The first-order valence-corrected chi connectivity index (χ1v) is 12.1. The fourth-order valence-corrected chi connectivity index (χ4v) is 4.55. The number of nitrogens with zero attached hydrogens (tertiary/aromatic N) is 2. The highest BCUT2D eigenvalue weighted by Crippen LogP contribution is 2.47. The SMILES string of the molecule is CCCCOc1ccc(C2=NN3[C@H](C2)c2ccccc2O[C@H]3c2ccc(C(C)C)cc2)cc1. The zero-order valence-electron chi connectivity index (χ0n) is 19.7. The monoisotopic (exact) mass is 440 g/mol. The van der Waals surface area contributed by atoms with Crippen molar-refractivity contribution in [3.8, 4) is 11.5 Å². The second-order valence-electron chi connectivity index (χ2n) is 9.20. The lowest BCUT2D eigenvalue weighted by Crippen LogP contribution is -2.33. The molecule has 170 valence electrons. The summed E-state index contributed by atoms with van der Waals surface area (Å²) in [4.78, 5) is 0. The molecule has 0 bridgehead atoms. The van der Waals surface area contributed by atoms with Crippen LogP contribution in [0.5, 0.6) is 11.5 Å². The Morgan fingerprint density at radius 1 is 1.00 bits per heavy atom. The quantitative estimate of drug-likeness (QED) is 0.363. The summed E-state index contributed by atoms with van der Waals surface area (Å²) in [5, 5.41) is 7.23. The highest BCUT2D eigenvalue weighted by molar-refractivity contribution is 6.02. The predicted molar refractivity (Wildman–Crippen MR) is 133 cm³/mol. The van der Waals surface area contributed by atoms with Gasteiger partial charge in [0.2, 0.25) is 6.23 Å². The molecule has 2 aliphatic heterocycles. The fraction of sp³-hybridized carbons (Fsp3) is 0.345. The van der Waals surface area contributed by atoms with Crippen LogP contribution < -0.4 is 9.47 Å². The Balaban J connectivity index is 1.44. The lowest BCUT2D eigenvalue weighted by Gasteiger charge is -2.38. The van der Waals surface area contributed by atoms with Crippen LogP contribution in [0.2, 0.25) is 0 Å². The Morgan fingerprint density at radius 3 is 2.48 bits per heavy atom. The van der Waals surface area contributed by atoms with Crippen LogP contribution in [0.15, 0.2) is 77.9 Å². The number of unbranched alkanes of at least 4 members (excludes halogenated alkanes) is 1. The molecule has 0 fully saturated rings. The van der Waals surface area contributed by atoms with Crippen molar-refractivity contribution in [2.75, 3.05) is 6.61 Å². The molecule has 3 aromatic rings. The molecule has 33 heavy (non-hydrogen) atoms. The molecule has 0 saturated carbocycles. The molecule has 4 heteroatoms. The molecule has 0 spiro atoms. The van der Waals surface area contributed by atoms with Crippen molar-refractivity contribution in [3.05, 3.63) is 95.1 Å². The van der Waals surface area contributed by atoms with Gasteiger partial charge in [-0.2, -0.15) is 5.10 Å². The van der Waals surface area contributed by atoms with Crippen LogP contribution in [0, 0.1) is 0 Å². The van der Waals surface area contributed by atoms with Gasteiger partial charge >= 0.3 is 0 Å². The lowest BCUT2D eigenvalue weighted by molar-refractivity contribution is -0.0190. The summed E-state index contributed by atoms with van der Waals surface area (Å²) in [6.45, 7) is 7.37. The molecular formula is C29H32N2O2. The largest absolute Gasteiger partial charge is 0.494 e. The third-order valence-electron chi connectivity index (χ3n) is 6.54. The normalized spacial score (nSPS) is 19.0. The Bertz CT molecular complexity index is 1120. The summed E-state index contributed by atoms with van der Waals surface area (Å²) in [7, 11) is 0. The number of hydrogen-bond acceptors (Lipinski definition) is 4. The standard InChI is InChI=1S/C29H32N2O2/c1-4-5-18-32-24-16-14-22(15-17-24)26-19-27-25-8-6-7-9-28(25)33-29(31(27)30-26)23-12-10-21(11-13-23)20(2)3/h6-17,20,27,29H,4-5,18-19H2,1-3H3/t27-,29+/m1/s1. The van der Waals surface area contributed by atoms with Gasteiger partial charge in [-0.3, -0.25) is 0 Å². The van der Waals surface area contributed by atoms with E-state index in [1.54, 1.807) is 0 Å². The first-order chi connectivity index (χ1) is 16.1. The fourth-order valence-electron chi connectivity index (χ4n) is 4.55. The number of hydrogen-bond donors (Lipinski definition) is 0. The van der Waals surface area contributed by atoms with Crippen LogP contribution in [0.1, 0.15) is 80.5 Å². The van der Waals surface area contributed by atoms with Crippen molar-refractivity contribution in [1.82, 2.24) is 5.01 Å². The van der Waals surface area contributed by atoms with Gasteiger partial charge in [0.1, 0.15) is 11.5 Å². The summed E-state index contributed by atoms with van der Waals surface area (Å²) < 4.78 is 12.3. The van der Waals surface area contributed by atoms with Crippen LogP contribution in [0.25, 0.3) is 0 Å². The third-order valence-corrected chi connectivity index (χ3v) is 6.54. The molecular weight excluding hydrogens is 408 g/mol. The number of hydrazone groups is 1. The molecule has 0 radical (unpaired) electrons. The molecule has 2 heterocycles.